The fourth-order valence-electron chi connectivity index (χ4n) is 0.948. The molecule has 6 heteroatoms. The lowest BCUT2D eigenvalue weighted by atomic mass is 10.4. The van der Waals surface area contributed by atoms with E-state index in [-0.39, 0.29) is 11.6 Å². The van der Waals surface area contributed by atoms with Gasteiger partial charge in [0.05, 0.1) is 6.33 Å². The molecule has 0 aliphatic rings. The van der Waals surface area contributed by atoms with E-state index in [0.717, 1.165) is 0 Å². The fourth-order valence-corrected chi connectivity index (χ4v) is 0.948. The van der Waals surface area contributed by atoms with Crippen LogP contribution in [0.2, 0.25) is 0 Å². The second-order valence-electron chi connectivity index (χ2n) is 2.73. The van der Waals surface area contributed by atoms with Crippen LogP contribution in [0.5, 0.6) is 0 Å². The highest BCUT2D eigenvalue weighted by Crippen LogP contribution is 1.97. The maximum absolute atomic E-state index is 10.9. The molecule has 0 aliphatic heterocycles. The molecule has 1 aromatic rings. The second kappa shape index (κ2) is 4.40. The Morgan fingerprint density at radius 3 is 2.86 bits per heavy atom. The Morgan fingerprint density at radius 1 is 1.64 bits per heavy atom. The summed E-state index contributed by atoms with van der Waals surface area (Å²) in [5, 5.41) is 11.0. The first-order chi connectivity index (χ1) is 6.63. The number of hydrogen-bond donors (Lipinski definition) is 2. The van der Waals surface area contributed by atoms with Gasteiger partial charge in [-0.3, -0.25) is 4.79 Å². The van der Waals surface area contributed by atoms with Crippen molar-refractivity contribution in [1.82, 2.24) is 14.9 Å². The summed E-state index contributed by atoms with van der Waals surface area (Å²) in [4.78, 5) is 25.0. The van der Waals surface area contributed by atoms with Crippen LogP contribution in [0.15, 0.2) is 12.5 Å². The average Bonchev–Trinajstić information content (AvgIpc) is 2.62. The average molecular weight is 197 g/mol. The summed E-state index contributed by atoms with van der Waals surface area (Å²) in [5.41, 5.74) is -0.0121. The van der Waals surface area contributed by atoms with E-state index >= 15 is 0 Å². The van der Waals surface area contributed by atoms with Gasteiger partial charge in [0.1, 0.15) is 0 Å². The number of nitrogens with zero attached hydrogens (tertiary/aromatic N) is 2. The van der Waals surface area contributed by atoms with Crippen LogP contribution < -0.4 is 5.32 Å². The molecule has 0 aromatic carbocycles. The Balaban J connectivity index is 2.52. The highest BCUT2D eigenvalue weighted by Gasteiger charge is 2.06. The Kier molecular flexibility index (Phi) is 3.22. The van der Waals surface area contributed by atoms with Gasteiger partial charge in [-0.2, -0.15) is 0 Å². The number of hydrogen-bond acceptors (Lipinski definition) is 3. The zero-order valence-electron chi connectivity index (χ0n) is 7.73. The van der Waals surface area contributed by atoms with Gasteiger partial charge in [0.25, 0.3) is 0 Å². The number of nitrogens with one attached hydrogen (secondary N) is 1. The first-order valence-electron chi connectivity index (χ1n) is 4.09. The van der Waals surface area contributed by atoms with Gasteiger partial charge < -0.3 is 15.0 Å². The minimum absolute atomic E-state index is 0.0121. The number of imidazole rings is 1. The molecule has 0 radical (unpaired) electrons. The van der Waals surface area contributed by atoms with Crippen LogP contribution >= 0.6 is 0 Å². The molecular weight excluding hydrogens is 186 g/mol. The number of aromatic carboxylic acids is 1. The molecular formula is C8H11N3O3. The predicted molar refractivity (Wildman–Crippen MR) is 47.9 cm³/mol. The lowest BCUT2D eigenvalue weighted by molar-refractivity contribution is -0.120. The van der Waals surface area contributed by atoms with E-state index in [9.17, 15) is 9.59 Å². The summed E-state index contributed by atoms with van der Waals surface area (Å²) in [7, 11) is 1.55. The number of carbonyl (C=O) groups excluding carboxylic acids is 1. The summed E-state index contributed by atoms with van der Waals surface area (Å²) in [6.07, 6.45) is 3.10. The molecule has 0 fully saturated rings. The van der Waals surface area contributed by atoms with Gasteiger partial charge >= 0.3 is 5.97 Å². The van der Waals surface area contributed by atoms with Gasteiger partial charge in [-0.1, -0.05) is 0 Å². The van der Waals surface area contributed by atoms with E-state index in [1.807, 2.05) is 0 Å². The number of carbonyl (C=O) groups is 2. The van der Waals surface area contributed by atoms with Crippen LogP contribution in [-0.4, -0.2) is 33.6 Å². The molecule has 1 amide bonds. The van der Waals surface area contributed by atoms with E-state index < -0.39 is 5.97 Å². The minimum atomic E-state index is -1.07. The van der Waals surface area contributed by atoms with E-state index in [1.54, 1.807) is 11.6 Å². The van der Waals surface area contributed by atoms with Gasteiger partial charge in [-0.25, -0.2) is 9.78 Å². The van der Waals surface area contributed by atoms with Crippen molar-refractivity contribution in [3.8, 4) is 0 Å². The molecule has 0 saturated carbocycles. The monoisotopic (exact) mass is 197 g/mol. The number of carboxylic acids is 1. The highest BCUT2D eigenvalue weighted by molar-refractivity contribution is 5.84. The number of aromatic nitrogens is 2. The lowest BCUT2D eigenvalue weighted by Crippen LogP contribution is -2.19. The largest absolute Gasteiger partial charge is 0.476 e. The first kappa shape index (κ1) is 10.2. The summed E-state index contributed by atoms with van der Waals surface area (Å²) in [6.45, 7) is 0.431. The maximum Gasteiger partial charge on any atom is 0.356 e. The molecule has 1 heterocycles. The van der Waals surface area contributed by atoms with Crippen molar-refractivity contribution in [2.45, 2.75) is 13.0 Å². The number of carboxylic acid groups (broad SMARTS) is 1. The second-order valence-corrected chi connectivity index (χ2v) is 2.73. The number of amides is 1. The van der Waals surface area contributed by atoms with E-state index in [0.29, 0.717) is 13.0 Å². The first-order valence-corrected chi connectivity index (χ1v) is 4.09. The van der Waals surface area contributed by atoms with Gasteiger partial charge in [0.15, 0.2) is 5.69 Å². The Labute approximate surface area is 80.6 Å². The van der Waals surface area contributed by atoms with Crippen molar-refractivity contribution in [2.24, 2.45) is 0 Å². The van der Waals surface area contributed by atoms with Crippen molar-refractivity contribution in [3.63, 3.8) is 0 Å². The summed E-state index contributed by atoms with van der Waals surface area (Å²) in [6, 6.07) is 0. The molecule has 1 rings (SSSR count). The van der Waals surface area contributed by atoms with E-state index in [1.165, 1.54) is 12.5 Å². The van der Waals surface area contributed by atoms with Crippen LogP contribution in [-0.2, 0) is 11.3 Å². The van der Waals surface area contributed by atoms with Crippen molar-refractivity contribution in [3.05, 3.63) is 18.2 Å². The third kappa shape index (κ3) is 2.58. The normalized spacial score (nSPS) is 9.79. The third-order valence-electron chi connectivity index (χ3n) is 1.73. The maximum atomic E-state index is 10.9. The zero-order chi connectivity index (χ0) is 10.6. The standard InChI is InChI=1S/C8H11N3O3/c1-9-7(12)2-3-11-4-6(8(13)14)10-5-11/h4-5H,2-3H2,1H3,(H,9,12)(H,13,14). The molecule has 1 aromatic heterocycles. The van der Waals surface area contributed by atoms with Crippen molar-refractivity contribution < 1.29 is 14.7 Å². The lowest BCUT2D eigenvalue weighted by Gasteiger charge is -1.99. The van der Waals surface area contributed by atoms with Gasteiger partial charge in [0, 0.05) is 26.2 Å². The Hall–Kier alpha value is -1.85. The molecule has 0 atom stereocenters. The van der Waals surface area contributed by atoms with Gasteiger partial charge in [0.2, 0.25) is 5.91 Å². The Bertz CT molecular complexity index is 345. The molecule has 0 unspecified atom stereocenters. The molecule has 2 N–H and O–H groups in total. The Morgan fingerprint density at radius 2 is 2.36 bits per heavy atom. The SMILES string of the molecule is CNC(=O)CCn1cnc(C(=O)O)c1. The van der Waals surface area contributed by atoms with Crippen molar-refractivity contribution >= 4 is 11.9 Å². The van der Waals surface area contributed by atoms with E-state index in [4.69, 9.17) is 5.11 Å². The molecule has 0 saturated heterocycles. The zero-order valence-corrected chi connectivity index (χ0v) is 7.73. The fraction of sp³-hybridized carbons (Fsp3) is 0.375. The van der Waals surface area contributed by atoms with Crippen molar-refractivity contribution in [1.29, 1.82) is 0 Å². The molecule has 0 bridgehead atoms. The summed E-state index contributed by atoms with van der Waals surface area (Å²) in [5.74, 6) is -1.15. The molecule has 14 heavy (non-hydrogen) atoms. The van der Waals surface area contributed by atoms with E-state index in [2.05, 4.69) is 10.3 Å². The summed E-state index contributed by atoms with van der Waals surface area (Å²) >= 11 is 0. The predicted octanol–water partition coefficient (Wildman–Crippen LogP) is -0.283. The highest BCUT2D eigenvalue weighted by atomic mass is 16.4. The molecule has 6 nitrogen and oxygen atoms in total. The van der Waals surface area contributed by atoms with Crippen LogP contribution in [0, 0.1) is 0 Å². The minimum Gasteiger partial charge on any atom is -0.476 e. The summed E-state index contributed by atoms with van der Waals surface area (Å²) < 4.78 is 1.57. The number of aryl methyl sites for hydroxylation is 1. The van der Waals surface area contributed by atoms with Crippen LogP contribution in [0.4, 0.5) is 0 Å². The van der Waals surface area contributed by atoms with Crippen LogP contribution in [0.25, 0.3) is 0 Å². The van der Waals surface area contributed by atoms with Crippen LogP contribution in [0.1, 0.15) is 16.9 Å². The van der Waals surface area contributed by atoms with Gasteiger partial charge in [-0.15, -0.1) is 0 Å². The van der Waals surface area contributed by atoms with Gasteiger partial charge in [-0.05, 0) is 0 Å². The van der Waals surface area contributed by atoms with Crippen molar-refractivity contribution in [2.75, 3.05) is 7.05 Å². The molecule has 0 spiro atoms. The van der Waals surface area contributed by atoms with Crippen LogP contribution in [0.3, 0.4) is 0 Å². The molecule has 76 valence electrons. The smallest absolute Gasteiger partial charge is 0.356 e. The molecule has 0 aliphatic carbocycles. The number of rotatable bonds is 4. The quantitative estimate of drug-likeness (QED) is 0.695. The third-order valence-corrected chi connectivity index (χ3v) is 1.73. The topological polar surface area (TPSA) is 84.2 Å².